The van der Waals surface area contributed by atoms with Gasteiger partial charge in [-0.3, -0.25) is 19.8 Å². The highest BCUT2D eigenvalue weighted by Gasteiger charge is 2.50. The zero-order chi connectivity index (χ0) is 27.4. The number of carbonyl (C=O) groups excluding carboxylic acids is 3. The van der Waals surface area contributed by atoms with Crippen LogP contribution in [0.1, 0.15) is 48.7 Å². The molecule has 0 radical (unpaired) electrons. The fourth-order valence-electron chi connectivity index (χ4n) is 5.70. The number of hydroxylamine groups is 1. The van der Waals surface area contributed by atoms with Crippen LogP contribution in [-0.2, 0) is 26.3 Å². The maximum atomic E-state index is 13.8. The maximum Gasteiger partial charge on any atom is 0.409 e. The van der Waals surface area contributed by atoms with Gasteiger partial charge in [-0.05, 0) is 81.3 Å². The second-order valence-electron chi connectivity index (χ2n) is 10.4. The van der Waals surface area contributed by atoms with E-state index in [2.05, 4.69) is 4.98 Å². The summed E-state index contributed by atoms with van der Waals surface area (Å²) < 4.78 is 10.8. The lowest BCUT2D eigenvalue weighted by molar-refractivity contribution is -0.146. The van der Waals surface area contributed by atoms with Crippen molar-refractivity contribution in [2.24, 2.45) is 5.92 Å². The van der Waals surface area contributed by atoms with Gasteiger partial charge in [-0.15, -0.1) is 0 Å². The van der Waals surface area contributed by atoms with Crippen LogP contribution in [0.15, 0.2) is 36.4 Å². The van der Waals surface area contributed by atoms with Crippen LogP contribution in [0, 0.1) is 19.8 Å². The van der Waals surface area contributed by atoms with E-state index in [0.29, 0.717) is 51.3 Å². The summed E-state index contributed by atoms with van der Waals surface area (Å²) in [5.74, 6) is -0.255. The summed E-state index contributed by atoms with van der Waals surface area (Å²) in [6.45, 7) is 7.45. The Kier molecular flexibility index (Phi) is 8.20. The van der Waals surface area contributed by atoms with Gasteiger partial charge in [0.1, 0.15) is 18.4 Å². The number of pyridine rings is 1. The van der Waals surface area contributed by atoms with Crippen LogP contribution in [0.3, 0.4) is 0 Å². The summed E-state index contributed by atoms with van der Waals surface area (Å²) >= 11 is 0. The lowest BCUT2D eigenvalue weighted by atomic mass is 9.80. The van der Waals surface area contributed by atoms with Crippen LogP contribution < -0.4 is 10.2 Å². The SMILES string of the molecule is COC(=O)N1CCC([C@H](C(=O)NO)N2CCC(C)(c3ccc(OCc4cc(C)nc(C)c4)cc3)C2=O)CC1. The molecule has 204 valence electrons. The lowest BCUT2D eigenvalue weighted by Crippen LogP contribution is -2.55. The Labute approximate surface area is 222 Å². The van der Waals surface area contributed by atoms with Crippen molar-refractivity contribution in [2.75, 3.05) is 26.7 Å². The molecule has 3 amide bonds. The summed E-state index contributed by atoms with van der Waals surface area (Å²) in [6, 6.07) is 10.7. The number of benzene rings is 1. The minimum atomic E-state index is -0.816. The molecule has 4 rings (SSSR count). The first-order chi connectivity index (χ1) is 18.2. The van der Waals surface area contributed by atoms with E-state index in [-0.39, 0.29) is 11.8 Å². The Balaban J connectivity index is 1.45. The number of likely N-dealkylation sites (tertiary alicyclic amines) is 2. The molecule has 2 aromatic rings. The number of carbonyl (C=O) groups is 3. The summed E-state index contributed by atoms with van der Waals surface area (Å²) in [7, 11) is 1.33. The fraction of sp³-hybridized carbons (Fsp3) is 0.500. The highest BCUT2D eigenvalue weighted by molar-refractivity contribution is 5.94. The number of ether oxygens (including phenoxy) is 2. The van der Waals surface area contributed by atoms with Crippen molar-refractivity contribution in [3.8, 4) is 5.75 Å². The van der Waals surface area contributed by atoms with E-state index in [1.165, 1.54) is 7.11 Å². The first-order valence-corrected chi connectivity index (χ1v) is 12.9. The van der Waals surface area contributed by atoms with E-state index < -0.39 is 23.5 Å². The molecule has 1 aromatic carbocycles. The van der Waals surface area contributed by atoms with Crippen LogP contribution >= 0.6 is 0 Å². The topological polar surface area (TPSA) is 121 Å². The molecule has 38 heavy (non-hydrogen) atoms. The number of nitrogens with zero attached hydrogens (tertiary/aromatic N) is 3. The van der Waals surface area contributed by atoms with E-state index in [0.717, 1.165) is 22.5 Å². The average molecular weight is 525 g/mol. The van der Waals surface area contributed by atoms with Gasteiger partial charge in [-0.25, -0.2) is 10.3 Å². The number of nitrogens with one attached hydrogen (secondary N) is 1. The molecule has 2 N–H and O–H groups in total. The second kappa shape index (κ2) is 11.4. The highest BCUT2D eigenvalue weighted by Crippen LogP contribution is 2.39. The average Bonchev–Trinajstić information content (AvgIpc) is 3.22. The molecular formula is C28H36N4O6. The van der Waals surface area contributed by atoms with Crippen molar-refractivity contribution in [1.82, 2.24) is 20.3 Å². The Morgan fingerprint density at radius 3 is 2.34 bits per heavy atom. The van der Waals surface area contributed by atoms with Gasteiger partial charge in [0.2, 0.25) is 5.91 Å². The Bertz CT molecular complexity index is 1160. The minimum Gasteiger partial charge on any atom is -0.489 e. The number of methoxy groups -OCH3 is 1. The monoisotopic (exact) mass is 524 g/mol. The molecule has 1 aromatic heterocycles. The molecule has 2 fully saturated rings. The second-order valence-corrected chi connectivity index (χ2v) is 10.4. The van der Waals surface area contributed by atoms with Crippen LogP contribution in [0.5, 0.6) is 5.75 Å². The molecule has 2 saturated heterocycles. The van der Waals surface area contributed by atoms with Gasteiger partial charge in [0.15, 0.2) is 0 Å². The smallest absolute Gasteiger partial charge is 0.409 e. The number of aryl methyl sites for hydroxylation is 2. The molecule has 10 heteroatoms. The molecule has 2 atom stereocenters. The van der Waals surface area contributed by atoms with Gasteiger partial charge in [-0.2, -0.15) is 0 Å². The Morgan fingerprint density at radius 2 is 1.76 bits per heavy atom. The van der Waals surface area contributed by atoms with E-state index in [9.17, 15) is 19.6 Å². The zero-order valence-electron chi connectivity index (χ0n) is 22.4. The molecule has 1 unspecified atom stereocenters. The number of rotatable bonds is 7. The normalized spacial score (nSPS) is 20.8. The summed E-state index contributed by atoms with van der Waals surface area (Å²) in [4.78, 5) is 45.9. The molecule has 0 spiro atoms. The number of piperidine rings is 1. The van der Waals surface area contributed by atoms with Crippen molar-refractivity contribution in [2.45, 2.75) is 58.1 Å². The number of hydrogen-bond acceptors (Lipinski definition) is 7. The molecule has 10 nitrogen and oxygen atoms in total. The summed E-state index contributed by atoms with van der Waals surface area (Å²) in [5.41, 5.74) is 4.72. The van der Waals surface area contributed by atoms with E-state index in [1.807, 2.05) is 57.2 Å². The van der Waals surface area contributed by atoms with Crippen LogP contribution in [0.2, 0.25) is 0 Å². The van der Waals surface area contributed by atoms with E-state index in [4.69, 9.17) is 9.47 Å². The van der Waals surface area contributed by atoms with Gasteiger partial charge in [0, 0.05) is 31.0 Å². The molecule has 0 saturated carbocycles. The van der Waals surface area contributed by atoms with Crippen LogP contribution in [0.25, 0.3) is 0 Å². The number of hydrogen-bond donors (Lipinski definition) is 2. The number of aromatic nitrogens is 1. The van der Waals surface area contributed by atoms with E-state index in [1.54, 1.807) is 15.3 Å². The van der Waals surface area contributed by atoms with E-state index >= 15 is 0 Å². The van der Waals surface area contributed by atoms with Gasteiger partial charge in [0.05, 0.1) is 12.5 Å². The minimum absolute atomic E-state index is 0.155. The van der Waals surface area contributed by atoms with Gasteiger partial charge >= 0.3 is 6.09 Å². The predicted molar refractivity (Wildman–Crippen MR) is 139 cm³/mol. The van der Waals surface area contributed by atoms with Crippen molar-refractivity contribution in [3.05, 3.63) is 58.9 Å². The first kappa shape index (κ1) is 27.4. The standard InChI is InChI=1S/C28H36N4O6/c1-18-15-20(16-19(2)29-18)17-38-23-7-5-22(6-8-23)28(3)11-14-32(26(28)34)24(25(33)30-36)21-9-12-31(13-10-21)27(35)37-4/h5-8,15-16,21,24,36H,9-14,17H2,1-4H3,(H,30,33)/t24-,28?/m1/s1. The highest BCUT2D eigenvalue weighted by atomic mass is 16.5. The van der Waals surface area contributed by atoms with Crippen molar-refractivity contribution in [1.29, 1.82) is 0 Å². The van der Waals surface area contributed by atoms with Gasteiger partial charge in [0.25, 0.3) is 5.91 Å². The third-order valence-corrected chi connectivity index (χ3v) is 7.76. The summed E-state index contributed by atoms with van der Waals surface area (Å²) in [5, 5.41) is 9.46. The Morgan fingerprint density at radius 1 is 1.13 bits per heavy atom. The van der Waals surface area contributed by atoms with Crippen LogP contribution in [-0.4, -0.2) is 70.7 Å². The third kappa shape index (κ3) is 5.60. The molecule has 0 aliphatic carbocycles. The largest absolute Gasteiger partial charge is 0.489 e. The van der Waals surface area contributed by atoms with Crippen molar-refractivity contribution < 1.29 is 29.1 Å². The van der Waals surface area contributed by atoms with Crippen molar-refractivity contribution >= 4 is 17.9 Å². The zero-order valence-corrected chi connectivity index (χ0v) is 22.4. The third-order valence-electron chi connectivity index (χ3n) is 7.76. The molecule has 0 bridgehead atoms. The van der Waals surface area contributed by atoms with Gasteiger partial charge < -0.3 is 19.3 Å². The lowest BCUT2D eigenvalue weighted by Gasteiger charge is -2.38. The van der Waals surface area contributed by atoms with Gasteiger partial charge in [-0.1, -0.05) is 12.1 Å². The predicted octanol–water partition coefficient (Wildman–Crippen LogP) is 3.12. The molecule has 2 aliphatic heterocycles. The Hall–Kier alpha value is -3.66. The summed E-state index contributed by atoms with van der Waals surface area (Å²) in [6.07, 6.45) is 1.18. The quantitative estimate of drug-likeness (QED) is 0.422. The number of amides is 3. The van der Waals surface area contributed by atoms with Crippen LogP contribution in [0.4, 0.5) is 4.79 Å². The molecule has 2 aliphatic rings. The molecular weight excluding hydrogens is 488 g/mol. The van der Waals surface area contributed by atoms with Crippen molar-refractivity contribution in [3.63, 3.8) is 0 Å². The maximum absolute atomic E-state index is 13.8. The molecule has 3 heterocycles. The first-order valence-electron chi connectivity index (χ1n) is 12.9. The fourth-order valence-corrected chi connectivity index (χ4v) is 5.70.